The summed E-state index contributed by atoms with van der Waals surface area (Å²) in [5.41, 5.74) is 0.436. The molecule has 3 rings (SSSR count). The largest absolute Gasteiger partial charge is 0.506 e. The van der Waals surface area contributed by atoms with E-state index in [1.165, 1.54) is 35.2 Å². The van der Waals surface area contributed by atoms with Gasteiger partial charge in [0.25, 0.3) is 0 Å². The highest BCUT2D eigenvalue weighted by Gasteiger charge is 2.23. The number of carboxylic acid groups (broad SMARTS) is 1. The fraction of sp³-hybridized carbons (Fsp3) is 0.278. The number of likely N-dealkylation sites (tertiary alicyclic amines) is 1. The van der Waals surface area contributed by atoms with E-state index in [2.05, 4.69) is 5.32 Å². The molecule has 0 bridgehead atoms. The Balaban J connectivity index is 1.74. The Morgan fingerprint density at radius 2 is 1.69 bits per heavy atom. The van der Waals surface area contributed by atoms with Crippen molar-refractivity contribution in [2.75, 3.05) is 18.4 Å². The molecule has 1 saturated heterocycles. The molecule has 1 amide bonds. The van der Waals surface area contributed by atoms with E-state index in [0.717, 1.165) is 0 Å². The number of anilines is 1. The molecule has 0 aliphatic carbocycles. The van der Waals surface area contributed by atoms with Crippen LogP contribution in [0, 0.1) is 0 Å². The summed E-state index contributed by atoms with van der Waals surface area (Å²) in [6.07, 6.45) is 0.313. The SMILES string of the molecule is O=C(O)N1CCC(Nc2ccc(S(=O)(=O)c3ccccc3)cc2O)CC1. The summed E-state index contributed by atoms with van der Waals surface area (Å²) < 4.78 is 25.2. The van der Waals surface area contributed by atoms with Crippen LogP contribution in [0.5, 0.6) is 5.75 Å². The van der Waals surface area contributed by atoms with Crippen molar-refractivity contribution in [2.45, 2.75) is 28.7 Å². The van der Waals surface area contributed by atoms with Crippen molar-refractivity contribution in [3.63, 3.8) is 0 Å². The Hall–Kier alpha value is -2.74. The lowest BCUT2D eigenvalue weighted by Crippen LogP contribution is -2.41. The van der Waals surface area contributed by atoms with Gasteiger partial charge in [-0.1, -0.05) is 18.2 Å². The van der Waals surface area contributed by atoms with Gasteiger partial charge in [-0.05, 0) is 37.1 Å². The number of phenols is 1. The summed E-state index contributed by atoms with van der Waals surface area (Å²) in [4.78, 5) is 12.5. The summed E-state index contributed by atoms with van der Waals surface area (Å²) in [6.45, 7) is 0.850. The molecule has 138 valence electrons. The summed E-state index contributed by atoms with van der Waals surface area (Å²) >= 11 is 0. The zero-order chi connectivity index (χ0) is 18.7. The Kier molecular flexibility index (Phi) is 5.03. The van der Waals surface area contributed by atoms with E-state index in [9.17, 15) is 18.3 Å². The second-order valence-corrected chi connectivity index (χ2v) is 8.13. The number of amides is 1. The molecule has 0 spiro atoms. The highest BCUT2D eigenvalue weighted by Crippen LogP contribution is 2.31. The van der Waals surface area contributed by atoms with E-state index in [-0.39, 0.29) is 21.6 Å². The number of sulfone groups is 1. The van der Waals surface area contributed by atoms with Gasteiger partial charge < -0.3 is 20.4 Å². The third-order valence-corrected chi connectivity index (χ3v) is 6.23. The van der Waals surface area contributed by atoms with Crippen LogP contribution in [-0.4, -0.2) is 48.8 Å². The van der Waals surface area contributed by atoms with E-state index in [0.29, 0.717) is 31.6 Å². The van der Waals surface area contributed by atoms with Gasteiger partial charge in [0, 0.05) is 25.2 Å². The molecule has 2 aromatic carbocycles. The minimum absolute atomic E-state index is 0.0208. The maximum absolute atomic E-state index is 12.6. The second kappa shape index (κ2) is 7.25. The number of hydrogen-bond acceptors (Lipinski definition) is 5. The van der Waals surface area contributed by atoms with Crippen LogP contribution in [0.2, 0.25) is 0 Å². The Morgan fingerprint density at radius 3 is 2.27 bits per heavy atom. The highest BCUT2D eigenvalue weighted by atomic mass is 32.2. The van der Waals surface area contributed by atoms with Crippen molar-refractivity contribution in [3.8, 4) is 5.75 Å². The van der Waals surface area contributed by atoms with Gasteiger partial charge in [0.1, 0.15) is 5.75 Å². The maximum Gasteiger partial charge on any atom is 0.407 e. The van der Waals surface area contributed by atoms with Gasteiger partial charge in [0.05, 0.1) is 15.5 Å². The Bertz CT molecular complexity index is 891. The number of benzene rings is 2. The summed E-state index contributed by atoms with van der Waals surface area (Å²) in [5, 5.41) is 22.4. The van der Waals surface area contributed by atoms with Gasteiger partial charge in [0.2, 0.25) is 9.84 Å². The third-order valence-electron chi connectivity index (χ3n) is 4.46. The molecule has 0 saturated carbocycles. The standard InChI is InChI=1S/C18H20N2O5S/c21-17-12-15(26(24,25)14-4-2-1-3-5-14)6-7-16(17)19-13-8-10-20(11-9-13)18(22)23/h1-7,12-13,19,21H,8-11H2,(H,22,23). The van der Waals surface area contributed by atoms with Crippen LogP contribution in [0.3, 0.4) is 0 Å². The summed E-state index contributed by atoms with van der Waals surface area (Å²) in [5.74, 6) is -0.150. The Morgan fingerprint density at radius 1 is 1.04 bits per heavy atom. The molecule has 8 heteroatoms. The van der Waals surface area contributed by atoms with Gasteiger partial charge >= 0.3 is 6.09 Å². The summed E-state index contributed by atoms with van der Waals surface area (Å²) in [6, 6.07) is 12.3. The topological polar surface area (TPSA) is 107 Å². The van der Waals surface area contributed by atoms with Crippen LogP contribution in [0.1, 0.15) is 12.8 Å². The number of nitrogens with zero attached hydrogens (tertiary/aromatic N) is 1. The molecular weight excluding hydrogens is 356 g/mol. The first-order valence-electron chi connectivity index (χ1n) is 8.25. The van der Waals surface area contributed by atoms with Gasteiger partial charge in [-0.3, -0.25) is 0 Å². The zero-order valence-corrected chi connectivity index (χ0v) is 14.8. The van der Waals surface area contributed by atoms with Gasteiger partial charge in [-0.25, -0.2) is 13.2 Å². The van der Waals surface area contributed by atoms with Crippen LogP contribution in [0.25, 0.3) is 0 Å². The number of aromatic hydroxyl groups is 1. The lowest BCUT2D eigenvalue weighted by Gasteiger charge is -2.31. The number of nitrogens with one attached hydrogen (secondary N) is 1. The van der Waals surface area contributed by atoms with E-state index in [1.807, 2.05) is 0 Å². The third kappa shape index (κ3) is 3.75. The lowest BCUT2D eigenvalue weighted by molar-refractivity contribution is 0.133. The van der Waals surface area contributed by atoms with E-state index in [1.54, 1.807) is 18.2 Å². The van der Waals surface area contributed by atoms with Crippen molar-refractivity contribution in [1.82, 2.24) is 4.90 Å². The maximum atomic E-state index is 12.6. The van der Waals surface area contributed by atoms with Gasteiger partial charge in [-0.15, -0.1) is 0 Å². The molecule has 1 aliphatic heterocycles. The first-order chi connectivity index (χ1) is 12.4. The van der Waals surface area contributed by atoms with Crippen molar-refractivity contribution < 1.29 is 23.4 Å². The zero-order valence-electron chi connectivity index (χ0n) is 14.0. The quantitative estimate of drug-likeness (QED) is 0.709. The first kappa shape index (κ1) is 18.1. The minimum Gasteiger partial charge on any atom is -0.506 e. The molecule has 26 heavy (non-hydrogen) atoms. The van der Waals surface area contributed by atoms with Crippen molar-refractivity contribution in [3.05, 3.63) is 48.5 Å². The lowest BCUT2D eigenvalue weighted by atomic mass is 10.0. The first-order valence-corrected chi connectivity index (χ1v) is 9.74. The predicted molar refractivity (Wildman–Crippen MR) is 96.2 cm³/mol. The molecule has 3 N–H and O–H groups in total. The second-order valence-electron chi connectivity index (χ2n) is 6.18. The fourth-order valence-corrected chi connectivity index (χ4v) is 4.27. The minimum atomic E-state index is -3.69. The van der Waals surface area contributed by atoms with Crippen molar-refractivity contribution in [1.29, 1.82) is 0 Å². The van der Waals surface area contributed by atoms with Crippen molar-refractivity contribution >= 4 is 21.6 Å². The number of piperidine rings is 1. The molecule has 2 aromatic rings. The molecule has 0 radical (unpaired) electrons. The Labute approximate surface area is 151 Å². The number of hydrogen-bond donors (Lipinski definition) is 3. The van der Waals surface area contributed by atoms with Gasteiger partial charge in [-0.2, -0.15) is 0 Å². The fourth-order valence-electron chi connectivity index (χ4n) is 2.97. The molecule has 1 fully saturated rings. The number of phenolic OH excluding ortho intramolecular Hbond substituents is 1. The molecular formula is C18H20N2O5S. The smallest absolute Gasteiger partial charge is 0.407 e. The van der Waals surface area contributed by atoms with Gasteiger partial charge in [0.15, 0.2) is 0 Å². The summed E-state index contributed by atoms with van der Waals surface area (Å²) in [7, 11) is -3.69. The van der Waals surface area contributed by atoms with Crippen LogP contribution >= 0.6 is 0 Å². The van der Waals surface area contributed by atoms with E-state index < -0.39 is 15.9 Å². The molecule has 0 atom stereocenters. The predicted octanol–water partition coefficient (Wildman–Crippen LogP) is 2.78. The van der Waals surface area contributed by atoms with E-state index >= 15 is 0 Å². The average molecular weight is 376 g/mol. The molecule has 0 unspecified atom stereocenters. The number of rotatable bonds is 4. The molecule has 7 nitrogen and oxygen atoms in total. The van der Waals surface area contributed by atoms with Crippen molar-refractivity contribution in [2.24, 2.45) is 0 Å². The molecule has 1 heterocycles. The van der Waals surface area contributed by atoms with Crippen LogP contribution in [0.15, 0.2) is 58.3 Å². The van der Waals surface area contributed by atoms with Crippen LogP contribution < -0.4 is 5.32 Å². The number of carbonyl (C=O) groups is 1. The monoisotopic (exact) mass is 376 g/mol. The average Bonchev–Trinajstić information content (AvgIpc) is 2.64. The van der Waals surface area contributed by atoms with E-state index in [4.69, 9.17) is 5.11 Å². The molecule has 0 aromatic heterocycles. The van der Waals surface area contributed by atoms with Crippen LogP contribution in [0.4, 0.5) is 10.5 Å². The normalized spacial score (nSPS) is 15.6. The highest BCUT2D eigenvalue weighted by molar-refractivity contribution is 7.91. The molecule has 1 aliphatic rings. The van der Waals surface area contributed by atoms with Crippen LogP contribution in [-0.2, 0) is 9.84 Å².